The summed E-state index contributed by atoms with van der Waals surface area (Å²) in [5, 5.41) is 6.91. The van der Waals surface area contributed by atoms with Crippen LogP contribution in [0.4, 0.5) is 11.4 Å². The molecule has 3 nitrogen and oxygen atoms in total. The topological polar surface area (TPSA) is 41.1 Å². The van der Waals surface area contributed by atoms with Gasteiger partial charge >= 0.3 is 0 Å². The highest BCUT2D eigenvalue weighted by Crippen LogP contribution is 2.35. The largest absolute Gasteiger partial charge is 0.372 e. The smallest absolute Gasteiger partial charge is 0.246 e. The van der Waals surface area contributed by atoms with E-state index in [0.29, 0.717) is 15.7 Å². The van der Waals surface area contributed by atoms with Gasteiger partial charge in [0.2, 0.25) is 5.91 Å². The molecule has 2 rings (SSSR count). The number of carbonyl (C=O) groups is 1. The first-order chi connectivity index (χ1) is 7.61. The second-order valence-electron chi connectivity index (χ2n) is 3.79. The Bertz CT molecular complexity index is 434. The van der Waals surface area contributed by atoms with Gasteiger partial charge in [-0.25, -0.2) is 0 Å². The Balaban J connectivity index is 2.32. The number of fused-ring (bicyclic) bond motifs is 1. The lowest BCUT2D eigenvalue weighted by Gasteiger charge is -2.27. The minimum atomic E-state index is -0.185. The fourth-order valence-electron chi connectivity index (χ4n) is 1.73. The molecule has 1 atom stereocenters. The Kier molecular flexibility index (Phi) is 3.26. The van der Waals surface area contributed by atoms with Gasteiger partial charge in [-0.15, -0.1) is 0 Å². The highest BCUT2D eigenvalue weighted by molar-refractivity contribution is 6.42. The Morgan fingerprint density at radius 1 is 1.25 bits per heavy atom. The number of halogens is 2. The van der Waals surface area contributed by atoms with Crippen LogP contribution in [0.5, 0.6) is 0 Å². The van der Waals surface area contributed by atoms with E-state index in [1.807, 2.05) is 6.92 Å². The highest BCUT2D eigenvalue weighted by Gasteiger charge is 2.25. The molecule has 1 amide bonds. The van der Waals surface area contributed by atoms with Gasteiger partial charge in [0.15, 0.2) is 0 Å². The standard InChI is InChI=1S/C11H12Cl2N2O/c1-2-3-8-11(16)15-10-5-7(13)6(12)4-9(10)14-8/h4-5,8,14H,2-3H2,1H3,(H,15,16). The van der Waals surface area contributed by atoms with Crippen LogP contribution >= 0.6 is 23.2 Å². The average molecular weight is 259 g/mol. The lowest BCUT2D eigenvalue weighted by atomic mass is 10.1. The Morgan fingerprint density at radius 3 is 2.50 bits per heavy atom. The summed E-state index contributed by atoms with van der Waals surface area (Å²) >= 11 is 11.8. The SMILES string of the molecule is CCCC1Nc2cc(Cl)c(Cl)cc2NC1=O. The predicted molar refractivity (Wildman–Crippen MR) is 67.4 cm³/mol. The van der Waals surface area contributed by atoms with Crippen LogP contribution in [-0.2, 0) is 4.79 Å². The molecule has 0 radical (unpaired) electrons. The molecular formula is C11H12Cl2N2O. The van der Waals surface area contributed by atoms with E-state index in [1.165, 1.54) is 0 Å². The van der Waals surface area contributed by atoms with Crippen molar-refractivity contribution in [3.8, 4) is 0 Å². The number of amides is 1. The molecule has 0 aliphatic carbocycles. The molecule has 1 aliphatic heterocycles. The first kappa shape index (κ1) is 11.6. The molecule has 0 fully saturated rings. The van der Waals surface area contributed by atoms with Crippen molar-refractivity contribution in [3.63, 3.8) is 0 Å². The van der Waals surface area contributed by atoms with Crippen molar-refractivity contribution in [2.75, 3.05) is 10.6 Å². The minimum absolute atomic E-state index is 0.0206. The van der Waals surface area contributed by atoms with Gasteiger partial charge in [-0.3, -0.25) is 4.79 Å². The third-order valence-electron chi connectivity index (χ3n) is 2.54. The number of nitrogens with one attached hydrogen (secondary N) is 2. The molecule has 0 spiro atoms. The summed E-state index contributed by atoms with van der Waals surface area (Å²) in [6.45, 7) is 2.04. The maximum Gasteiger partial charge on any atom is 0.246 e. The van der Waals surface area contributed by atoms with Gasteiger partial charge in [0.05, 0.1) is 21.4 Å². The molecule has 16 heavy (non-hydrogen) atoms. The lowest BCUT2D eigenvalue weighted by Crippen LogP contribution is -2.38. The first-order valence-electron chi connectivity index (χ1n) is 5.18. The van der Waals surface area contributed by atoms with E-state index in [1.54, 1.807) is 12.1 Å². The van der Waals surface area contributed by atoms with Gasteiger partial charge in [0.25, 0.3) is 0 Å². The van der Waals surface area contributed by atoms with Crippen molar-refractivity contribution in [3.05, 3.63) is 22.2 Å². The molecule has 0 aromatic heterocycles. The van der Waals surface area contributed by atoms with Gasteiger partial charge in [-0.2, -0.15) is 0 Å². The first-order valence-corrected chi connectivity index (χ1v) is 5.94. The second kappa shape index (κ2) is 4.52. The quantitative estimate of drug-likeness (QED) is 0.853. The fraction of sp³-hybridized carbons (Fsp3) is 0.364. The Labute approximate surface area is 104 Å². The summed E-state index contributed by atoms with van der Waals surface area (Å²) in [5.74, 6) is -0.0206. The van der Waals surface area contributed by atoms with Crippen molar-refractivity contribution < 1.29 is 4.79 Å². The molecule has 2 N–H and O–H groups in total. The van der Waals surface area contributed by atoms with Gasteiger partial charge in [0, 0.05) is 0 Å². The molecule has 1 heterocycles. The van der Waals surface area contributed by atoms with Crippen molar-refractivity contribution >= 4 is 40.5 Å². The third kappa shape index (κ3) is 2.11. The predicted octanol–water partition coefficient (Wildman–Crippen LogP) is 3.53. The lowest BCUT2D eigenvalue weighted by molar-refractivity contribution is -0.117. The Morgan fingerprint density at radius 2 is 1.88 bits per heavy atom. The van der Waals surface area contributed by atoms with E-state index < -0.39 is 0 Å². The van der Waals surface area contributed by atoms with E-state index in [4.69, 9.17) is 23.2 Å². The normalized spacial score (nSPS) is 18.7. The molecule has 86 valence electrons. The summed E-state index contributed by atoms with van der Waals surface area (Å²) < 4.78 is 0. The zero-order valence-electron chi connectivity index (χ0n) is 8.81. The number of hydrogen-bond donors (Lipinski definition) is 2. The van der Waals surface area contributed by atoms with Crippen molar-refractivity contribution in [2.45, 2.75) is 25.8 Å². The van der Waals surface area contributed by atoms with Crippen LogP contribution in [0.2, 0.25) is 10.0 Å². The number of anilines is 2. The molecule has 1 unspecified atom stereocenters. The molecule has 1 aliphatic rings. The molecular weight excluding hydrogens is 247 g/mol. The monoisotopic (exact) mass is 258 g/mol. The molecule has 0 saturated heterocycles. The number of hydrogen-bond acceptors (Lipinski definition) is 2. The molecule has 1 aromatic rings. The van der Waals surface area contributed by atoms with E-state index in [9.17, 15) is 4.79 Å². The van der Waals surface area contributed by atoms with Crippen LogP contribution in [0.3, 0.4) is 0 Å². The van der Waals surface area contributed by atoms with Crippen molar-refractivity contribution in [2.24, 2.45) is 0 Å². The summed E-state index contributed by atoms with van der Waals surface area (Å²) in [5.41, 5.74) is 1.51. The molecule has 0 saturated carbocycles. The Hall–Kier alpha value is -0.930. The van der Waals surface area contributed by atoms with Gasteiger partial charge < -0.3 is 10.6 Å². The summed E-state index contributed by atoms with van der Waals surface area (Å²) in [6.07, 6.45) is 1.74. The van der Waals surface area contributed by atoms with Crippen molar-refractivity contribution in [1.29, 1.82) is 0 Å². The van der Waals surface area contributed by atoms with Crippen LogP contribution in [0, 0.1) is 0 Å². The van der Waals surface area contributed by atoms with Crippen LogP contribution in [0.15, 0.2) is 12.1 Å². The summed E-state index contributed by atoms with van der Waals surface area (Å²) in [4.78, 5) is 11.7. The number of rotatable bonds is 2. The maximum atomic E-state index is 11.7. The average Bonchev–Trinajstić information content (AvgIpc) is 2.23. The second-order valence-corrected chi connectivity index (χ2v) is 4.60. The van der Waals surface area contributed by atoms with E-state index in [2.05, 4.69) is 10.6 Å². The summed E-state index contributed by atoms with van der Waals surface area (Å²) in [7, 11) is 0. The zero-order valence-corrected chi connectivity index (χ0v) is 10.3. The fourth-order valence-corrected chi connectivity index (χ4v) is 2.06. The van der Waals surface area contributed by atoms with Gasteiger partial charge in [-0.1, -0.05) is 36.5 Å². The third-order valence-corrected chi connectivity index (χ3v) is 3.26. The van der Waals surface area contributed by atoms with E-state index in [0.717, 1.165) is 18.5 Å². The zero-order chi connectivity index (χ0) is 11.7. The van der Waals surface area contributed by atoms with Crippen LogP contribution in [0.1, 0.15) is 19.8 Å². The van der Waals surface area contributed by atoms with Crippen LogP contribution in [0.25, 0.3) is 0 Å². The molecule has 0 bridgehead atoms. The number of carbonyl (C=O) groups excluding carboxylic acids is 1. The molecule has 5 heteroatoms. The van der Waals surface area contributed by atoms with Gasteiger partial charge in [0.1, 0.15) is 6.04 Å². The maximum absolute atomic E-state index is 11.7. The van der Waals surface area contributed by atoms with Crippen LogP contribution in [-0.4, -0.2) is 11.9 Å². The van der Waals surface area contributed by atoms with E-state index >= 15 is 0 Å². The molecule has 1 aromatic carbocycles. The highest BCUT2D eigenvalue weighted by atomic mass is 35.5. The van der Waals surface area contributed by atoms with Crippen molar-refractivity contribution in [1.82, 2.24) is 0 Å². The summed E-state index contributed by atoms with van der Waals surface area (Å²) in [6, 6.07) is 3.21. The minimum Gasteiger partial charge on any atom is -0.372 e. The van der Waals surface area contributed by atoms with Crippen LogP contribution < -0.4 is 10.6 Å². The number of benzene rings is 1. The van der Waals surface area contributed by atoms with Gasteiger partial charge in [-0.05, 0) is 18.6 Å². The van der Waals surface area contributed by atoms with E-state index in [-0.39, 0.29) is 11.9 Å².